The first-order chi connectivity index (χ1) is 34.1. The maximum atomic E-state index is 13.0. The lowest BCUT2D eigenvalue weighted by Crippen LogP contribution is -2.61. The van der Waals surface area contributed by atoms with Gasteiger partial charge in [-0.1, -0.05) is 157 Å². The van der Waals surface area contributed by atoms with E-state index in [4.69, 9.17) is 28.4 Å². The molecule has 0 bridgehead atoms. The maximum absolute atomic E-state index is 13.0. The number of unbranched alkanes of at least 4 members (excludes halogenated alkanes) is 16. The largest absolute Gasteiger partial charge is 0.457 e. The normalized spacial score (nSPS) is 26.1. The van der Waals surface area contributed by atoms with Gasteiger partial charge in [0.2, 0.25) is 0 Å². The second-order valence-electron chi connectivity index (χ2n) is 18.7. The summed E-state index contributed by atoms with van der Waals surface area (Å²) < 4.78 is 34.3. The molecule has 70 heavy (non-hydrogen) atoms. The highest BCUT2D eigenvalue weighted by Crippen LogP contribution is 2.26. The van der Waals surface area contributed by atoms with Gasteiger partial charge >= 0.3 is 5.97 Å². The number of aliphatic hydroxyl groups excluding tert-OH is 7. The van der Waals surface area contributed by atoms with Crippen LogP contribution in [0.3, 0.4) is 0 Å². The molecule has 7 N–H and O–H groups in total. The third-order valence-electron chi connectivity index (χ3n) is 12.4. The Morgan fingerprint density at radius 3 is 1.47 bits per heavy atom. The Bertz CT molecular complexity index is 1430. The van der Waals surface area contributed by atoms with Gasteiger partial charge in [-0.25, -0.2) is 0 Å². The predicted molar refractivity (Wildman–Crippen MR) is 275 cm³/mol. The molecule has 14 heteroatoms. The summed E-state index contributed by atoms with van der Waals surface area (Å²) in [6.45, 7) is 3.51. The highest BCUT2D eigenvalue weighted by Gasteiger charge is 2.47. The second kappa shape index (κ2) is 42.9. The zero-order chi connectivity index (χ0) is 50.9. The number of hydrogen-bond donors (Lipinski definition) is 7. The van der Waals surface area contributed by atoms with Crippen molar-refractivity contribution >= 4 is 5.97 Å². The Kier molecular flexibility index (Phi) is 38.9. The van der Waals surface area contributed by atoms with Crippen LogP contribution in [0.2, 0.25) is 0 Å². The minimum Gasteiger partial charge on any atom is -0.457 e. The van der Waals surface area contributed by atoms with Crippen molar-refractivity contribution in [2.24, 2.45) is 0 Å². The fraction of sp³-hybridized carbons (Fsp3) is 0.768. The first-order valence-electron chi connectivity index (χ1n) is 27.0. The van der Waals surface area contributed by atoms with Crippen LogP contribution in [-0.4, -0.2) is 142 Å². The van der Waals surface area contributed by atoms with Crippen LogP contribution in [0, 0.1) is 0 Å². The van der Waals surface area contributed by atoms with Gasteiger partial charge in [-0.3, -0.25) is 4.79 Å². The molecule has 2 rings (SSSR count). The number of carbonyl (C=O) groups excluding carboxylic acids is 1. The number of hydrogen-bond acceptors (Lipinski definition) is 14. The summed E-state index contributed by atoms with van der Waals surface area (Å²) in [4.78, 5) is 13.0. The van der Waals surface area contributed by atoms with E-state index in [1.165, 1.54) is 57.8 Å². The van der Waals surface area contributed by atoms with Crippen molar-refractivity contribution in [2.75, 3.05) is 33.0 Å². The number of ether oxygens (including phenoxy) is 6. The lowest BCUT2D eigenvalue weighted by atomic mass is 9.98. The van der Waals surface area contributed by atoms with Crippen LogP contribution in [0.25, 0.3) is 0 Å². The first-order valence-corrected chi connectivity index (χ1v) is 27.0. The second-order valence-corrected chi connectivity index (χ2v) is 18.7. The molecule has 0 aromatic rings. The van der Waals surface area contributed by atoms with E-state index in [1.54, 1.807) is 0 Å². The fourth-order valence-corrected chi connectivity index (χ4v) is 8.07. The molecule has 2 heterocycles. The molecular formula is C56H96O14. The zero-order valence-electron chi connectivity index (χ0n) is 43.0. The molecular weight excluding hydrogens is 897 g/mol. The van der Waals surface area contributed by atoms with Crippen LogP contribution in [0.1, 0.15) is 174 Å². The summed E-state index contributed by atoms with van der Waals surface area (Å²) in [6, 6.07) is 0. The van der Waals surface area contributed by atoms with Gasteiger partial charge < -0.3 is 64.2 Å². The molecule has 0 spiro atoms. The third kappa shape index (κ3) is 29.8. The molecule has 2 fully saturated rings. The van der Waals surface area contributed by atoms with Gasteiger partial charge in [0.1, 0.15) is 54.9 Å². The highest BCUT2D eigenvalue weighted by molar-refractivity contribution is 5.69. The molecule has 11 unspecified atom stereocenters. The molecule has 11 atom stereocenters. The van der Waals surface area contributed by atoms with Crippen LogP contribution >= 0.6 is 0 Å². The summed E-state index contributed by atoms with van der Waals surface area (Å²) in [7, 11) is 0. The highest BCUT2D eigenvalue weighted by atomic mass is 16.7. The van der Waals surface area contributed by atoms with E-state index >= 15 is 0 Å². The van der Waals surface area contributed by atoms with Crippen molar-refractivity contribution in [1.29, 1.82) is 0 Å². The first kappa shape index (κ1) is 63.5. The molecule has 14 nitrogen and oxygen atoms in total. The SMILES string of the molecule is CC/C=C\C/C=C\C/C=C\C/C=C\C/C=C\CCCCCCCC(=O)OC(COCCCCCCCC/C=C\CCCCCCC)COC1OC(COC2OC(CO)C(O)C(O)C2O)C(O)C(O)C1O. The van der Waals surface area contributed by atoms with E-state index in [1.807, 2.05) is 0 Å². The van der Waals surface area contributed by atoms with E-state index in [9.17, 15) is 40.5 Å². The van der Waals surface area contributed by atoms with Gasteiger partial charge in [0.25, 0.3) is 0 Å². The summed E-state index contributed by atoms with van der Waals surface area (Å²) in [5, 5.41) is 72.2. The van der Waals surface area contributed by atoms with Crippen LogP contribution in [-0.2, 0) is 33.2 Å². The van der Waals surface area contributed by atoms with Crippen LogP contribution in [0.4, 0.5) is 0 Å². The Hall–Kier alpha value is -2.57. The van der Waals surface area contributed by atoms with Crippen molar-refractivity contribution in [1.82, 2.24) is 0 Å². The van der Waals surface area contributed by atoms with E-state index in [-0.39, 0.29) is 19.6 Å². The minimum atomic E-state index is -1.71. The van der Waals surface area contributed by atoms with Gasteiger partial charge in [0.15, 0.2) is 12.6 Å². The van der Waals surface area contributed by atoms with Crippen molar-refractivity contribution in [3.63, 3.8) is 0 Å². The Labute approximate surface area is 421 Å². The van der Waals surface area contributed by atoms with E-state index in [2.05, 4.69) is 86.8 Å². The molecule has 0 amide bonds. The Morgan fingerprint density at radius 1 is 0.486 bits per heavy atom. The smallest absolute Gasteiger partial charge is 0.306 e. The van der Waals surface area contributed by atoms with Gasteiger partial charge in [0.05, 0.1) is 26.4 Å². The lowest BCUT2D eigenvalue weighted by molar-refractivity contribution is -0.332. The van der Waals surface area contributed by atoms with Crippen molar-refractivity contribution < 1.29 is 69.0 Å². The molecule has 2 aliphatic rings. The average molecular weight is 993 g/mol. The number of allylic oxidation sites excluding steroid dienone is 12. The maximum Gasteiger partial charge on any atom is 0.306 e. The van der Waals surface area contributed by atoms with Crippen molar-refractivity contribution in [3.8, 4) is 0 Å². The number of rotatable bonds is 42. The predicted octanol–water partition coefficient (Wildman–Crippen LogP) is 8.68. The standard InChI is InChI=1S/C56H96O14/c1-3-5-7-9-11-13-15-17-19-20-21-22-23-24-25-27-29-31-33-35-37-39-48(58)68-45(42-65-40-38-36-34-32-30-28-26-18-16-14-12-10-8-6-4-2)43-66-55-54(64)52(62)50(60)47(70-55)44-67-56-53(63)51(61)49(59)46(41-57)69-56/h5,7,11,13,16-19,21-22,24-25,45-47,49-57,59-64H,3-4,6,8-10,12,14-15,20,23,26-44H2,1-2H3/b7-5-,13-11-,18-16-,19-17-,22-21-,25-24-. The van der Waals surface area contributed by atoms with Gasteiger partial charge in [-0.15, -0.1) is 0 Å². The number of carbonyl (C=O) groups is 1. The molecule has 0 saturated carbocycles. The van der Waals surface area contributed by atoms with Gasteiger partial charge in [-0.05, 0) is 83.5 Å². The van der Waals surface area contributed by atoms with Crippen LogP contribution < -0.4 is 0 Å². The van der Waals surface area contributed by atoms with Crippen LogP contribution in [0.5, 0.6) is 0 Å². The monoisotopic (exact) mass is 993 g/mol. The van der Waals surface area contributed by atoms with E-state index in [0.717, 1.165) is 89.9 Å². The third-order valence-corrected chi connectivity index (χ3v) is 12.4. The topological polar surface area (TPSA) is 214 Å². The Morgan fingerprint density at radius 2 is 0.929 bits per heavy atom. The van der Waals surface area contributed by atoms with Crippen LogP contribution in [0.15, 0.2) is 72.9 Å². The van der Waals surface area contributed by atoms with Gasteiger partial charge in [0, 0.05) is 13.0 Å². The summed E-state index contributed by atoms with van der Waals surface area (Å²) in [5.74, 6) is -0.399. The van der Waals surface area contributed by atoms with E-state index < -0.39 is 86.7 Å². The quantitative estimate of drug-likeness (QED) is 0.0173. The lowest BCUT2D eigenvalue weighted by Gasteiger charge is -2.42. The molecule has 2 aliphatic heterocycles. The number of aliphatic hydroxyl groups is 7. The zero-order valence-corrected chi connectivity index (χ0v) is 43.0. The van der Waals surface area contributed by atoms with Crippen molar-refractivity contribution in [2.45, 2.75) is 242 Å². The molecule has 0 radical (unpaired) electrons. The fourth-order valence-electron chi connectivity index (χ4n) is 8.07. The van der Waals surface area contributed by atoms with Crippen molar-refractivity contribution in [3.05, 3.63) is 72.9 Å². The summed E-state index contributed by atoms with van der Waals surface area (Å²) >= 11 is 0. The Balaban J connectivity index is 1.76. The van der Waals surface area contributed by atoms with E-state index in [0.29, 0.717) is 13.0 Å². The average Bonchev–Trinajstić information content (AvgIpc) is 3.36. The molecule has 0 aromatic heterocycles. The summed E-state index contributed by atoms with van der Waals surface area (Å²) in [6.07, 6.45) is 36.7. The summed E-state index contributed by atoms with van der Waals surface area (Å²) in [5.41, 5.74) is 0. The number of esters is 1. The molecule has 0 aliphatic carbocycles. The minimum absolute atomic E-state index is 0.0458. The molecule has 404 valence electrons. The molecule has 0 aromatic carbocycles. The molecule has 2 saturated heterocycles. The van der Waals surface area contributed by atoms with Gasteiger partial charge in [-0.2, -0.15) is 0 Å².